The summed E-state index contributed by atoms with van der Waals surface area (Å²) in [5, 5.41) is 11.7. The summed E-state index contributed by atoms with van der Waals surface area (Å²) in [6, 6.07) is 6.57. The van der Waals surface area contributed by atoms with Crippen molar-refractivity contribution in [2.75, 3.05) is 59.2 Å². The Hall–Kier alpha value is -1.86. The summed E-state index contributed by atoms with van der Waals surface area (Å²) in [4.78, 5) is 43.5. The number of nitrogens with one attached hydrogen (secondary N) is 2. The number of carbonyl (C=O) groups is 3. The van der Waals surface area contributed by atoms with E-state index in [1.807, 2.05) is 4.57 Å². The number of ketones is 1. The first-order chi connectivity index (χ1) is 25.4. The number of fused-ring (bicyclic) bond motifs is 1. The third-order valence-electron chi connectivity index (χ3n) is 9.63. The molecule has 0 saturated carbocycles. The number of halogens is 6. The Labute approximate surface area is 387 Å². The fourth-order valence-corrected chi connectivity index (χ4v) is 7.31. The second kappa shape index (κ2) is 24.3. The number of thiol groups is 1. The fraction of sp³-hybridized carbons (Fsp3) is 0.472. The van der Waals surface area contributed by atoms with Gasteiger partial charge >= 0.3 is 51.4 Å². The molecule has 5 heterocycles. The number of benzene rings is 2. The number of morpholine rings is 2. The molecule has 2 amide bonds. The minimum atomic E-state index is -0.623. The fourth-order valence-electron chi connectivity index (χ4n) is 7.00. The molecule has 1 unspecified atom stereocenters. The second-order valence-electron chi connectivity index (χ2n) is 13.1. The minimum Gasteiger partial charge on any atom is -0.378 e. The molecule has 20 heteroatoms. The van der Waals surface area contributed by atoms with Gasteiger partial charge in [-0.05, 0) is 66.4 Å². The molecule has 300 valence electrons. The van der Waals surface area contributed by atoms with Crippen LogP contribution >= 0.6 is 49.7 Å². The molecule has 11 nitrogen and oxygen atoms in total. The van der Waals surface area contributed by atoms with Crippen molar-refractivity contribution >= 4 is 67.3 Å². The molecule has 3 fully saturated rings. The van der Waals surface area contributed by atoms with E-state index in [1.165, 1.54) is 29.7 Å². The van der Waals surface area contributed by atoms with Gasteiger partial charge in [-0.15, -0.1) is 24.8 Å². The molecule has 3 atom stereocenters. The monoisotopic (exact) mass is 887 g/mol. The van der Waals surface area contributed by atoms with E-state index in [2.05, 4.69) is 22.9 Å². The van der Waals surface area contributed by atoms with Crippen molar-refractivity contribution in [1.29, 1.82) is 5.26 Å². The molecular weight excluding hydrogens is 847 g/mol. The zero-order chi connectivity index (χ0) is 38.1. The number of hydrogen-bond acceptors (Lipinski definition) is 9. The van der Waals surface area contributed by atoms with Gasteiger partial charge in [-0.3, -0.25) is 14.4 Å². The molecule has 2 aromatic carbocycles. The van der Waals surface area contributed by atoms with E-state index in [4.69, 9.17) is 27.0 Å². The molecule has 3 aromatic rings. The summed E-state index contributed by atoms with van der Waals surface area (Å²) in [5.74, 6) is -2.92. The molecule has 56 heavy (non-hydrogen) atoms. The SMILES string of the molecule is Cl.Cl.N#CS.O=C(CC(=O)N1CCOCC1)C1C[C@@H](c2cc(F)cc(F)c2)CN1.O=C(Cc1[nH]c(=S)n2c1C[C@@H](c1cc(F)cc(F)c1)C2)N1CCOCC1.[K+]. The third-order valence-corrected chi connectivity index (χ3v) is 9.96. The van der Waals surface area contributed by atoms with Gasteiger partial charge in [-0.25, -0.2) is 17.6 Å². The van der Waals surface area contributed by atoms with Gasteiger partial charge in [0.15, 0.2) is 10.6 Å². The number of carbonyl (C=O) groups excluding carboxylic acids is 3. The molecule has 0 radical (unpaired) electrons. The first-order valence-electron chi connectivity index (χ1n) is 17.2. The Kier molecular flexibility index (Phi) is 21.8. The Morgan fingerprint density at radius 3 is 1.79 bits per heavy atom. The van der Waals surface area contributed by atoms with Crippen molar-refractivity contribution in [1.82, 2.24) is 24.7 Å². The van der Waals surface area contributed by atoms with Crippen LogP contribution in [0.2, 0.25) is 0 Å². The van der Waals surface area contributed by atoms with Gasteiger partial charge in [0.05, 0.1) is 45.3 Å². The zero-order valence-corrected chi connectivity index (χ0v) is 37.1. The first-order valence-corrected chi connectivity index (χ1v) is 18.0. The van der Waals surface area contributed by atoms with Crippen LogP contribution in [0.1, 0.15) is 47.2 Å². The third kappa shape index (κ3) is 13.9. The molecular formula is C36H42Cl2F4KN6O5S2+. The number of aromatic amines is 1. The van der Waals surface area contributed by atoms with Gasteiger partial charge in [0.2, 0.25) is 11.8 Å². The number of thiocyanates is 1. The number of aromatic nitrogens is 2. The number of Topliss-reactive ketones (excluding diaryl/α,β-unsaturated/α-hetero) is 1. The van der Waals surface area contributed by atoms with Crippen molar-refractivity contribution in [2.24, 2.45) is 0 Å². The van der Waals surface area contributed by atoms with Crippen LogP contribution < -0.4 is 56.7 Å². The molecule has 0 bridgehead atoms. The first kappa shape index (κ1) is 50.3. The van der Waals surface area contributed by atoms with Crippen LogP contribution in [0.15, 0.2) is 36.4 Å². The Bertz CT molecular complexity index is 1870. The number of nitriles is 1. The number of ether oxygens (including phenoxy) is 2. The maximum absolute atomic E-state index is 13.5. The van der Waals surface area contributed by atoms with E-state index in [1.54, 1.807) is 9.80 Å². The number of hydrogen-bond donors (Lipinski definition) is 3. The van der Waals surface area contributed by atoms with Crippen LogP contribution in [0, 0.1) is 38.7 Å². The van der Waals surface area contributed by atoms with Crippen LogP contribution in [-0.4, -0.2) is 102 Å². The van der Waals surface area contributed by atoms with E-state index in [9.17, 15) is 31.9 Å². The summed E-state index contributed by atoms with van der Waals surface area (Å²) in [5.41, 5.74) is 2.90. The second-order valence-corrected chi connectivity index (χ2v) is 13.7. The maximum atomic E-state index is 13.5. The minimum absolute atomic E-state index is 0. The number of rotatable bonds is 7. The summed E-state index contributed by atoms with van der Waals surface area (Å²) < 4.78 is 66.7. The quantitative estimate of drug-likeness (QED) is 0.0822. The van der Waals surface area contributed by atoms with Crippen molar-refractivity contribution in [3.05, 3.63) is 87.0 Å². The molecule has 1 aromatic heterocycles. The molecule has 4 aliphatic heterocycles. The van der Waals surface area contributed by atoms with Crippen LogP contribution in [0.5, 0.6) is 0 Å². The Morgan fingerprint density at radius 1 is 0.821 bits per heavy atom. The number of nitrogens with zero attached hydrogens (tertiary/aromatic N) is 4. The van der Waals surface area contributed by atoms with Crippen LogP contribution in [0.4, 0.5) is 17.6 Å². The topological polar surface area (TPSA) is 133 Å². The molecule has 0 aliphatic carbocycles. The van der Waals surface area contributed by atoms with E-state index in [0.717, 1.165) is 23.5 Å². The van der Waals surface area contributed by atoms with Crippen LogP contribution in [0.25, 0.3) is 0 Å². The largest absolute Gasteiger partial charge is 1.00 e. The van der Waals surface area contributed by atoms with E-state index >= 15 is 0 Å². The van der Waals surface area contributed by atoms with Crippen molar-refractivity contribution in [3.8, 4) is 5.40 Å². The molecule has 0 spiro atoms. The van der Waals surface area contributed by atoms with E-state index < -0.39 is 29.3 Å². The average molecular weight is 889 g/mol. The van der Waals surface area contributed by atoms with Crippen molar-refractivity contribution < 1.29 is 92.8 Å². The van der Waals surface area contributed by atoms with Gasteiger partial charge in [0, 0.05) is 68.7 Å². The van der Waals surface area contributed by atoms with Gasteiger partial charge in [0.1, 0.15) is 28.7 Å². The molecule has 7 rings (SSSR count). The predicted molar refractivity (Wildman–Crippen MR) is 205 cm³/mol. The molecule has 3 saturated heterocycles. The van der Waals surface area contributed by atoms with Gasteiger partial charge in [0.25, 0.3) is 0 Å². The Morgan fingerprint density at radius 2 is 1.29 bits per heavy atom. The number of imidazole rings is 1. The van der Waals surface area contributed by atoms with E-state index in [-0.39, 0.29) is 118 Å². The zero-order valence-electron chi connectivity index (χ0n) is 30.6. The maximum Gasteiger partial charge on any atom is 1.00 e. The summed E-state index contributed by atoms with van der Waals surface area (Å²) in [6.45, 7) is 5.34. The van der Waals surface area contributed by atoms with Gasteiger partial charge < -0.3 is 34.1 Å². The molecule has 2 N–H and O–H groups in total. The summed E-state index contributed by atoms with van der Waals surface area (Å²) in [7, 11) is 0. The number of amides is 2. The molecule has 4 aliphatic rings. The average Bonchev–Trinajstić information content (AvgIpc) is 3.87. The normalized spacial score (nSPS) is 19.6. The number of H-pyrrole nitrogens is 1. The smallest absolute Gasteiger partial charge is 0.378 e. The standard InChI is InChI=1S/C18H19F2N3O2S.C17H20F2N2O3.CHNS.2ClH.K/c19-13-5-11(6-14(20)8-13)12-7-16-15(21-18(26)23(16)10-12)9-17(24)22-1-3-25-4-2-22;18-13-5-11(6-14(19)8-13)12-7-15(20-10-12)16(22)9-17(23)21-1-3-24-4-2-21;2-1-3;;;/h5-6,8,12H,1-4,7,9-10H2,(H,21,26);5-6,8,12,15,20H,1-4,7,9-10H2;3H;2*1H;/q;;;;;+1/t12-;12-,15?;;;;/m11..../s1. The predicted octanol–water partition coefficient (Wildman–Crippen LogP) is 2.04. The van der Waals surface area contributed by atoms with Gasteiger partial charge in [-0.2, -0.15) is 5.26 Å². The van der Waals surface area contributed by atoms with Crippen molar-refractivity contribution in [2.45, 2.75) is 50.1 Å². The summed E-state index contributed by atoms with van der Waals surface area (Å²) in [6.07, 6.45) is 1.14. The van der Waals surface area contributed by atoms with Gasteiger partial charge in [-0.1, -0.05) is 12.6 Å². The Balaban J connectivity index is 0.000000345. The van der Waals surface area contributed by atoms with Crippen LogP contribution in [-0.2, 0) is 43.2 Å². The van der Waals surface area contributed by atoms with Crippen molar-refractivity contribution in [3.63, 3.8) is 0 Å². The van der Waals surface area contributed by atoms with Crippen LogP contribution in [0.3, 0.4) is 0 Å². The summed E-state index contributed by atoms with van der Waals surface area (Å²) >= 11 is 8.47. The van der Waals surface area contributed by atoms with E-state index in [0.29, 0.717) is 94.4 Å².